The molecule has 168 valence electrons. The zero-order chi connectivity index (χ0) is 23.3. The van der Waals surface area contributed by atoms with E-state index in [1.807, 2.05) is 44.0 Å². The van der Waals surface area contributed by atoms with Gasteiger partial charge in [0.1, 0.15) is 0 Å². The third kappa shape index (κ3) is 3.37. The van der Waals surface area contributed by atoms with E-state index in [0.717, 1.165) is 65.2 Å². The zero-order valence-corrected chi connectivity index (χ0v) is 19.5. The van der Waals surface area contributed by atoms with Crippen LogP contribution in [0.15, 0.2) is 36.4 Å². The Morgan fingerprint density at radius 2 is 1.94 bits per heavy atom. The number of carbonyl (C=O) groups excluding carboxylic acids is 1. The Balaban J connectivity index is 1.45. The number of nitriles is 1. The fourth-order valence-corrected chi connectivity index (χ4v) is 5.26. The van der Waals surface area contributed by atoms with Crippen LogP contribution in [0.25, 0.3) is 10.8 Å². The first kappa shape index (κ1) is 21.2. The van der Waals surface area contributed by atoms with Crippen LogP contribution in [0.2, 0.25) is 0 Å². The number of hydrogen-bond donors (Lipinski definition) is 1. The minimum absolute atomic E-state index is 0.0407. The van der Waals surface area contributed by atoms with Crippen LogP contribution in [-0.4, -0.2) is 47.7 Å². The molecule has 7 heteroatoms. The first-order chi connectivity index (χ1) is 15.8. The summed E-state index contributed by atoms with van der Waals surface area (Å²) in [5, 5.41) is 23.8. The van der Waals surface area contributed by atoms with E-state index in [9.17, 15) is 10.1 Å². The van der Waals surface area contributed by atoms with Gasteiger partial charge in [-0.15, -0.1) is 5.10 Å². The van der Waals surface area contributed by atoms with Crippen molar-refractivity contribution in [2.45, 2.75) is 33.2 Å². The lowest BCUT2D eigenvalue weighted by Gasteiger charge is -2.47. The van der Waals surface area contributed by atoms with Crippen molar-refractivity contribution >= 4 is 28.2 Å². The van der Waals surface area contributed by atoms with Crippen molar-refractivity contribution in [1.82, 2.24) is 15.1 Å². The van der Waals surface area contributed by atoms with E-state index in [1.165, 1.54) is 0 Å². The fraction of sp³-hybridized carbons (Fsp3) is 0.385. The summed E-state index contributed by atoms with van der Waals surface area (Å²) in [5.41, 5.74) is 4.49. The highest BCUT2D eigenvalue weighted by atomic mass is 16.2. The molecule has 1 spiro atoms. The molecule has 2 fully saturated rings. The Kier molecular flexibility index (Phi) is 4.97. The molecule has 2 aliphatic rings. The van der Waals surface area contributed by atoms with Gasteiger partial charge in [-0.25, -0.2) is 0 Å². The van der Waals surface area contributed by atoms with Gasteiger partial charge in [0.05, 0.1) is 28.8 Å². The van der Waals surface area contributed by atoms with Crippen LogP contribution >= 0.6 is 0 Å². The lowest BCUT2D eigenvalue weighted by atomic mass is 9.78. The molecule has 0 aliphatic carbocycles. The second kappa shape index (κ2) is 7.73. The van der Waals surface area contributed by atoms with Crippen LogP contribution in [0, 0.1) is 30.6 Å². The highest BCUT2D eigenvalue weighted by Gasteiger charge is 2.53. The maximum atomic E-state index is 12.6. The van der Waals surface area contributed by atoms with Gasteiger partial charge in [0.2, 0.25) is 5.91 Å². The number of anilines is 2. The first-order valence-electron chi connectivity index (χ1n) is 11.4. The Bertz CT molecular complexity index is 1300. The monoisotopic (exact) mass is 440 g/mol. The van der Waals surface area contributed by atoms with Gasteiger partial charge in [-0.1, -0.05) is 18.2 Å². The molecule has 2 aliphatic heterocycles. The van der Waals surface area contributed by atoms with Crippen LogP contribution < -0.4 is 10.2 Å². The number of carbonyl (C=O) groups is 1. The zero-order valence-electron chi connectivity index (χ0n) is 19.5. The largest absolute Gasteiger partial charge is 0.369 e. The highest BCUT2D eigenvalue weighted by Crippen LogP contribution is 2.43. The number of fused-ring (bicyclic) bond motifs is 1. The number of aromatic nitrogens is 2. The van der Waals surface area contributed by atoms with Crippen molar-refractivity contribution in [3.8, 4) is 6.07 Å². The molecule has 7 nitrogen and oxygen atoms in total. The maximum absolute atomic E-state index is 12.6. The normalized spacial score (nSPS) is 17.8. The van der Waals surface area contributed by atoms with E-state index in [1.54, 1.807) is 0 Å². The van der Waals surface area contributed by atoms with Gasteiger partial charge in [0.25, 0.3) is 0 Å². The molecule has 3 aromatic rings. The smallest absolute Gasteiger partial charge is 0.232 e. The number of benzene rings is 2. The van der Waals surface area contributed by atoms with Crippen molar-refractivity contribution in [3.63, 3.8) is 0 Å². The molecule has 0 saturated carbocycles. The summed E-state index contributed by atoms with van der Waals surface area (Å²) in [6.45, 7) is 8.38. The first-order valence-corrected chi connectivity index (χ1v) is 11.4. The molecule has 33 heavy (non-hydrogen) atoms. The Morgan fingerprint density at radius 1 is 1.15 bits per heavy atom. The number of nitrogens with one attached hydrogen (secondary N) is 1. The van der Waals surface area contributed by atoms with Crippen molar-refractivity contribution in [2.75, 3.05) is 36.9 Å². The third-order valence-corrected chi connectivity index (χ3v) is 7.34. The average Bonchev–Trinajstić information content (AvgIpc) is 3.09. The summed E-state index contributed by atoms with van der Waals surface area (Å²) in [6, 6.07) is 14.4. The lowest BCUT2D eigenvalue weighted by molar-refractivity contribution is -0.136. The number of likely N-dealkylation sites (tertiary alicyclic amines) is 1. The van der Waals surface area contributed by atoms with Crippen LogP contribution in [-0.2, 0) is 4.79 Å². The van der Waals surface area contributed by atoms with Crippen LogP contribution in [0.1, 0.15) is 41.8 Å². The van der Waals surface area contributed by atoms with Crippen LogP contribution in [0.3, 0.4) is 0 Å². The predicted molar refractivity (Wildman–Crippen MR) is 129 cm³/mol. The van der Waals surface area contributed by atoms with E-state index in [0.29, 0.717) is 5.56 Å². The molecule has 0 bridgehead atoms. The SMILES string of the molecule is Cc1c(C#N)cccc1[C@@H](C)Nc1nnc(C)c2ccc(N3CC4(CCN(C)C4=O)C3)cc12. The molecule has 1 N–H and O–H groups in total. The van der Waals surface area contributed by atoms with E-state index < -0.39 is 0 Å². The molecular formula is C26H28N6O. The minimum atomic E-state index is -0.213. The maximum Gasteiger partial charge on any atom is 0.232 e. The Morgan fingerprint density at radius 3 is 2.64 bits per heavy atom. The number of amides is 1. The molecule has 1 aromatic heterocycles. The standard InChI is InChI=1S/C26H28N6O/c1-16-19(13-27)6-5-7-21(16)17(2)28-24-23-12-20(8-9-22(23)18(3)29-30-24)32-14-26(15-32)10-11-31(4)25(26)33/h5-9,12,17H,10-11,14-15H2,1-4H3,(H,28,30)/t17-/m1/s1. The van der Waals surface area contributed by atoms with Gasteiger partial charge in [-0.05, 0) is 56.5 Å². The number of nitrogens with zero attached hydrogens (tertiary/aromatic N) is 5. The molecule has 2 saturated heterocycles. The summed E-state index contributed by atoms with van der Waals surface area (Å²) in [6.07, 6.45) is 0.933. The molecule has 3 heterocycles. The van der Waals surface area contributed by atoms with Crippen molar-refractivity contribution in [1.29, 1.82) is 5.26 Å². The molecule has 1 atom stereocenters. The minimum Gasteiger partial charge on any atom is -0.369 e. The van der Waals surface area contributed by atoms with Gasteiger partial charge in [0.15, 0.2) is 5.82 Å². The molecule has 1 amide bonds. The van der Waals surface area contributed by atoms with Crippen molar-refractivity contribution in [3.05, 3.63) is 58.8 Å². The molecule has 5 rings (SSSR count). The van der Waals surface area contributed by atoms with Crippen molar-refractivity contribution in [2.24, 2.45) is 5.41 Å². The van der Waals surface area contributed by atoms with E-state index in [-0.39, 0.29) is 17.4 Å². The van der Waals surface area contributed by atoms with E-state index in [2.05, 4.69) is 51.6 Å². The molecule has 0 radical (unpaired) electrons. The van der Waals surface area contributed by atoms with E-state index >= 15 is 0 Å². The molecular weight excluding hydrogens is 412 g/mol. The van der Waals surface area contributed by atoms with Gasteiger partial charge in [-0.3, -0.25) is 4.79 Å². The van der Waals surface area contributed by atoms with Gasteiger partial charge >= 0.3 is 0 Å². The average molecular weight is 441 g/mol. The summed E-state index contributed by atoms with van der Waals surface area (Å²) in [5.74, 6) is 0.992. The number of hydrogen-bond acceptors (Lipinski definition) is 6. The Hall–Kier alpha value is -3.66. The van der Waals surface area contributed by atoms with Crippen LogP contribution in [0.4, 0.5) is 11.5 Å². The van der Waals surface area contributed by atoms with Gasteiger partial charge in [0, 0.05) is 43.1 Å². The summed E-state index contributed by atoms with van der Waals surface area (Å²) < 4.78 is 0. The predicted octanol–water partition coefficient (Wildman–Crippen LogP) is 3.96. The quantitative estimate of drug-likeness (QED) is 0.661. The summed E-state index contributed by atoms with van der Waals surface area (Å²) >= 11 is 0. The second-order valence-electron chi connectivity index (χ2n) is 9.47. The van der Waals surface area contributed by atoms with Gasteiger partial charge in [-0.2, -0.15) is 10.4 Å². The molecule has 2 aromatic carbocycles. The van der Waals surface area contributed by atoms with Gasteiger partial charge < -0.3 is 15.1 Å². The second-order valence-corrected chi connectivity index (χ2v) is 9.47. The molecule has 0 unspecified atom stereocenters. The fourth-order valence-electron chi connectivity index (χ4n) is 5.26. The number of aryl methyl sites for hydroxylation is 1. The number of rotatable bonds is 4. The highest BCUT2D eigenvalue weighted by molar-refractivity contribution is 5.96. The summed E-state index contributed by atoms with van der Waals surface area (Å²) in [4.78, 5) is 16.7. The van der Waals surface area contributed by atoms with Crippen molar-refractivity contribution < 1.29 is 4.79 Å². The third-order valence-electron chi connectivity index (χ3n) is 7.34. The topological polar surface area (TPSA) is 85.2 Å². The van der Waals surface area contributed by atoms with E-state index in [4.69, 9.17) is 0 Å². The summed E-state index contributed by atoms with van der Waals surface area (Å²) in [7, 11) is 1.89. The lowest BCUT2D eigenvalue weighted by Crippen LogP contribution is -2.60. The van der Waals surface area contributed by atoms with Crippen LogP contribution in [0.5, 0.6) is 0 Å². The Labute approximate surface area is 194 Å².